The van der Waals surface area contributed by atoms with Crippen molar-refractivity contribution in [1.29, 1.82) is 0 Å². The fraction of sp³-hybridized carbons (Fsp3) is 0.250. The highest BCUT2D eigenvalue weighted by Gasteiger charge is 2.03. The van der Waals surface area contributed by atoms with Gasteiger partial charge in [0, 0.05) is 35.3 Å². The van der Waals surface area contributed by atoms with Gasteiger partial charge in [0.1, 0.15) is 0 Å². The van der Waals surface area contributed by atoms with Gasteiger partial charge >= 0.3 is 0 Å². The third kappa shape index (κ3) is 2.39. The van der Waals surface area contributed by atoms with E-state index in [2.05, 4.69) is 18.0 Å². The van der Waals surface area contributed by atoms with E-state index >= 15 is 0 Å². The molecule has 2 aromatic rings. The van der Waals surface area contributed by atoms with E-state index in [-0.39, 0.29) is 0 Å². The minimum absolute atomic E-state index is 0.845. The molecule has 0 spiro atoms. The molecule has 16 heavy (non-hydrogen) atoms. The number of hydrogen-bond acceptors (Lipinski definition) is 3. The molecule has 2 N–H and O–H groups in total. The molecule has 1 heterocycles. The van der Waals surface area contributed by atoms with Gasteiger partial charge in [0.05, 0.1) is 6.33 Å². The third-order valence-corrected chi connectivity index (χ3v) is 3.57. The second-order valence-corrected chi connectivity index (χ2v) is 4.84. The van der Waals surface area contributed by atoms with Crippen LogP contribution in [-0.2, 0) is 12.8 Å². The van der Waals surface area contributed by atoms with Crippen molar-refractivity contribution in [3.05, 3.63) is 42.0 Å². The van der Waals surface area contributed by atoms with E-state index < -0.39 is 0 Å². The molecular formula is C12H15N3S. The number of imidazole rings is 1. The third-order valence-electron chi connectivity index (χ3n) is 2.46. The van der Waals surface area contributed by atoms with E-state index in [1.807, 2.05) is 36.3 Å². The molecule has 0 atom stereocenters. The Balaban J connectivity index is 2.10. The van der Waals surface area contributed by atoms with Gasteiger partial charge in [-0.15, -0.1) is 11.8 Å². The molecule has 84 valence electrons. The first-order chi connectivity index (χ1) is 7.66. The summed E-state index contributed by atoms with van der Waals surface area (Å²) in [6.07, 6.45) is 3.70. The van der Waals surface area contributed by atoms with Crippen molar-refractivity contribution >= 4 is 17.4 Å². The van der Waals surface area contributed by atoms with Crippen molar-refractivity contribution in [1.82, 2.24) is 9.55 Å². The van der Waals surface area contributed by atoms with E-state index in [4.69, 9.17) is 5.73 Å². The first kappa shape index (κ1) is 11.1. The molecule has 3 nitrogen and oxygen atoms in total. The van der Waals surface area contributed by atoms with Crippen LogP contribution in [0.1, 0.15) is 11.3 Å². The van der Waals surface area contributed by atoms with Crippen LogP contribution in [-0.4, -0.2) is 9.55 Å². The van der Waals surface area contributed by atoms with Gasteiger partial charge in [0.25, 0.3) is 0 Å². The molecule has 0 aliphatic heterocycles. The monoisotopic (exact) mass is 233 g/mol. The van der Waals surface area contributed by atoms with Crippen molar-refractivity contribution in [2.75, 3.05) is 5.73 Å². The van der Waals surface area contributed by atoms with E-state index in [9.17, 15) is 0 Å². The summed E-state index contributed by atoms with van der Waals surface area (Å²) >= 11 is 1.75. The number of benzene rings is 1. The largest absolute Gasteiger partial charge is 0.398 e. The Bertz CT molecular complexity index is 491. The number of aromatic nitrogens is 2. The molecule has 2 rings (SSSR count). The van der Waals surface area contributed by atoms with E-state index in [1.54, 1.807) is 11.8 Å². The Hall–Kier alpha value is -1.42. The van der Waals surface area contributed by atoms with Crippen molar-refractivity contribution in [3.8, 4) is 0 Å². The zero-order valence-electron chi connectivity index (χ0n) is 9.47. The molecular weight excluding hydrogens is 218 g/mol. The lowest BCUT2D eigenvalue weighted by Gasteiger charge is -2.06. The van der Waals surface area contributed by atoms with Crippen LogP contribution >= 0.6 is 11.8 Å². The number of thioether (sulfide) groups is 1. The SMILES string of the molecule is Cc1ccc(N)c(SCc2cncn2C)c1. The van der Waals surface area contributed by atoms with Gasteiger partial charge < -0.3 is 10.3 Å². The minimum Gasteiger partial charge on any atom is -0.398 e. The molecule has 1 aromatic carbocycles. The quantitative estimate of drug-likeness (QED) is 0.654. The van der Waals surface area contributed by atoms with Crippen LogP contribution in [0.5, 0.6) is 0 Å². The zero-order chi connectivity index (χ0) is 11.5. The average molecular weight is 233 g/mol. The first-order valence-corrected chi connectivity index (χ1v) is 6.09. The number of nitrogens with two attached hydrogens (primary N) is 1. The summed E-state index contributed by atoms with van der Waals surface area (Å²) in [4.78, 5) is 5.23. The molecule has 0 aliphatic rings. The minimum atomic E-state index is 0.845. The maximum atomic E-state index is 5.92. The van der Waals surface area contributed by atoms with E-state index in [1.165, 1.54) is 11.3 Å². The van der Waals surface area contributed by atoms with Crippen molar-refractivity contribution < 1.29 is 0 Å². The predicted octanol–water partition coefficient (Wildman–Crippen LogP) is 2.60. The van der Waals surface area contributed by atoms with Crippen LogP contribution in [0, 0.1) is 6.92 Å². The van der Waals surface area contributed by atoms with Gasteiger partial charge in [-0.1, -0.05) is 6.07 Å². The summed E-state index contributed by atoms with van der Waals surface area (Å²) in [5.41, 5.74) is 9.21. The van der Waals surface area contributed by atoms with Gasteiger partial charge in [-0.3, -0.25) is 0 Å². The summed E-state index contributed by atoms with van der Waals surface area (Å²) in [6.45, 7) is 2.08. The van der Waals surface area contributed by atoms with Crippen LogP contribution in [0.3, 0.4) is 0 Å². The zero-order valence-corrected chi connectivity index (χ0v) is 10.3. The Kier molecular flexibility index (Phi) is 3.19. The standard InChI is InChI=1S/C12H15N3S/c1-9-3-4-11(13)12(5-9)16-7-10-6-14-8-15(10)2/h3-6,8H,7,13H2,1-2H3. The summed E-state index contributed by atoms with van der Waals surface area (Å²) < 4.78 is 2.03. The van der Waals surface area contributed by atoms with Gasteiger partial charge in [0.15, 0.2) is 0 Å². The molecule has 0 aliphatic carbocycles. The number of nitrogens with zero attached hydrogens (tertiary/aromatic N) is 2. The molecule has 0 unspecified atom stereocenters. The maximum absolute atomic E-state index is 5.92. The average Bonchev–Trinajstić information content (AvgIpc) is 2.66. The van der Waals surface area contributed by atoms with E-state index in [0.29, 0.717) is 0 Å². The van der Waals surface area contributed by atoms with Crippen LogP contribution in [0.25, 0.3) is 0 Å². The highest BCUT2D eigenvalue weighted by Crippen LogP contribution is 2.28. The normalized spacial score (nSPS) is 10.6. The van der Waals surface area contributed by atoms with Crippen LogP contribution in [0.2, 0.25) is 0 Å². The highest BCUT2D eigenvalue weighted by atomic mass is 32.2. The molecule has 0 amide bonds. The second kappa shape index (κ2) is 4.61. The Morgan fingerprint density at radius 2 is 2.25 bits per heavy atom. The lowest BCUT2D eigenvalue weighted by Crippen LogP contribution is -1.94. The van der Waals surface area contributed by atoms with Crippen LogP contribution < -0.4 is 5.73 Å². The number of rotatable bonds is 3. The number of aryl methyl sites for hydroxylation is 2. The molecule has 0 bridgehead atoms. The Morgan fingerprint density at radius 1 is 1.44 bits per heavy atom. The molecule has 1 aromatic heterocycles. The predicted molar refractivity (Wildman–Crippen MR) is 68.4 cm³/mol. The molecule has 0 saturated heterocycles. The number of hydrogen-bond donors (Lipinski definition) is 1. The Labute approximate surface area is 99.7 Å². The van der Waals surface area contributed by atoms with Crippen molar-refractivity contribution in [2.45, 2.75) is 17.6 Å². The van der Waals surface area contributed by atoms with Gasteiger partial charge in [-0.05, 0) is 24.6 Å². The highest BCUT2D eigenvalue weighted by molar-refractivity contribution is 7.98. The lowest BCUT2D eigenvalue weighted by molar-refractivity contribution is 0.867. The number of nitrogen functional groups attached to an aromatic ring is 1. The first-order valence-electron chi connectivity index (χ1n) is 5.11. The Morgan fingerprint density at radius 3 is 2.94 bits per heavy atom. The number of anilines is 1. The topological polar surface area (TPSA) is 43.8 Å². The molecule has 0 fully saturated rings. The summed E-state index contributed by atoms with van der Waals surface area (Å²) in [7, 11) is 2.00. The maximum Gasteiger partial charge on any atom is 0.0945 e. The van der Waals surface area contributed by atoms with Crippen molar-refractivity contribution in [3.63, 3.8) is 0 Å². The van der Waals surface area contributed by atoms with Crippen molar-refractivity contribution in [2.24, 2.45) is 7.05 Å². The second-order valence-electron chi connectivity index (χ2n) is 3.83. The molecule has 4 heteroatoms. The van der Waals surface area contributed by atoms with Gasteiger partial charge in [-0.2, -0.15) is 0 Å². The van der Waals surface area contributed by atoms with E-state index in [0.717, 1.165) is 16.3 Å². The summed E-state index contributed by atoms with van der Waals surface area (Å²) in [5.74, 6) is 0.893. The fourth-order valence-corrected chi connectivity index (χ4v) is 2.53. The molecule has 0 radical (unpaired) electrons. The van der Waals surface area contributed by atoms with Gasteiger partial charge in [-0.25, -0.2) is 4.98 Å². The summed E-state index contributed by atoms with van der Waals surface area (Å²) in [6, 6.07) is 6.11. The van der Waals surface area contributed by atoms with Crippen LogP contribution in [0.4, 0.5) is 5.69 Å². The van der Waals surface area contributed by atoms with Gasteiger partial charge in [0.2, 0.25) is 0 Å². The fourth-order valence-electron chi connectivity index (χ4n) is 1.44. The lowest BCUT2D eigenvalue weighted by atomic mass is 10.2. The smallest absolute Gasteiger partial charge is 0.0945 e. The molecule has 0 saturated carbocycles. The van der Waals surface area contributed by atoms with Crippen LogP contribution in [0.15, 0.2) is 35.6 Å². The summed E-state index contributed by atoms with van der Waals surface area (Å²) in [5, 5.41) is 0.